The molecule has 2 aliphatic heterocycles. The molecule has 0 radical (unpaired) electrons. The average molecular weight is 509 g/mol. The van der Waals surface area contributed by atoms with Gasteiger partial charge in [0.05, 0.1) is 5.56 Å². The number of nitrogen functional groups attached to an aromatic ring is 1. The smallest absolute Gasteiger partial charge is 0.339 e. The first-order chi connectivity index (χ1) is 15.3. The van der Waals surface area contributed by atoms with Crippen LogP contribution < -0.4 is 5.73 Å². The van der Waals surface area contributed by atoms with Gasteiger partial charge < -0.3 is 20.3 Å². The fourth-order valence-electron chi connectivity index (χ4n) is 5.67. The summed E-state index contributed by atoms with van der Waals surface area (Å²) >= 11 is 0. The fourth-order valence-corrected chi connectivity index (χ4v) is 5.67. The van der Waals surface area contributed by atoms with Crippen LogP contribution in [0.15, 0.2) is 54.6 Å². The molecule has 0 aliphatic carbocycles. The van der Waals surface area contributed by atoms with E-state index in [0.29, 0.717) is 17.3 Å². The van der Waals surface area contributed by atoms with Crippen molar-refractivity contribution in [1.29, 1.82) is 0 Å². The van der Waals surface area contributed by atoms with Crippen molar-refractivity contribution in [3.05, 3.63) is 65.7 Å². The van der Waals surface area contributed by atoms with Crippen molar-refractivity contribution in [2.75, 3.05) is 39.0 Å². The predicted molar refractivity (Wildman–Crippen MR) is 144 cm³/mol. The van der Waals surface area contributed by atoms with Crippen LogP contribution in [0.5, 0.6) is 0 Å². The Balaban J connectivity index is 0.00000204. The molecule has 0 bridgehead atoms. The zero-order valence-electron chi connectivity index (χ0n) is 20.5. The molecule has 2 fully saturated rings. The van der Waals surface area contributed by atoms with Gasteiger partial charge in [0.2, 0.25) is 0 Å². The third-order valence-electron chi connectivity index (χ3n) is 7.58. The fraction of sp³-hybridized carbons (Fsp3) is 0.519. The molecule has 3 unspecified atom stereocenters. The van der Waals surface area contributed by atoms with Crippen LogP contribution in [0.4, 0.5) is 5.69 Å². The van der Waals surface area contributed by atoms with Gasteiger partial charge in [-0.15, -0.1) is 24.8 Å². The molecular weight excluding hydrogens is 469 g/mol. The van der Waals surface area contributed by atoms with Gasteiger partial charge in [-0.05, 0) is 69.7 Å². The van der Waals surface area contributed by atoms with Gasteiger partial charge in [-0.2, -0.15) is 0 Å². The molecule has 34 heavy (non-hydrogen) atoms. The number of piperidine rings is 2. The number of nitrogens with zero attached hydrogens (tertiary/aromatic N) is 2. The molecule has 3 atom stereocenters. The van der Waals surface area contributed by atoms with Crippen LogP contribution in [0.2, 0.25) is 0 Å². The quantitative estimate of drug-likeness (QED) is 0.434. The zero-order chi connectivity index (χ0) is 22.8. The summed E-state index contributed by atoms with van der Waals surface area (Å²) in [6, 6.07) is 17.7. The number of nitrogens with two attached hydrogens (primary N) is 1. The highest BCUT2D eigenvalue weighted by Gasteiger charge is 2.57. The van der Waals surface area contributed by atoms with Crippen LogP contribution in [-0.2, 0) is 10.3 Å². The number of esters is 1. The minimum atomic E-state index is -0.712. The second-order valence-corrected chi connectivity index (χ2v) is 10.1. The lowest BCUT2D eigenvalue weighted by atomic mass is 9.63. The van der Waals surface area contributed by atoms with E-state index in [1.54, 1.807) is 24.3 Å². The van der Waals surface area contributed by atoms with E-state index in [9.17, 15) is 4.79 Å². The first-order valence-electron chi connectivity index (χ1n) is 11.9. The molecule has 0 saturated carbocycles. The Bertz CT molecular complexity index is 921. The third-order valence-corrected chi connectivity index (χ3v) is 7.58. The molecule has 2 N–H and O–H groups in total. The lowest BCUT2D eigenvalue weighted by Crippen LogP contribution is -2.64. The van der Waals surface area contributed by atoms with E-state index in [-0.39, 0.29) is 36.2 Å². The van der Waals surface area contributed by atoms with Crippen molar-refractivity contribution in [1.82, 2.24) is 9.80 Å². The lowest BCUT2D eigenvalue weighted by Gasteiger charge is -2.57. The standard InChI is InChI=1S/C27H37N3O2.2ClH/c1-21-18-27(23-10-6-4-7-11-23,32-25(31)22-12-14-24(28)15-13-22)26(2,19-29(21)3)20-30-16-8-5-9-17-30;;/h4,6-7,10-15,21H,5,8-9,16-20,28H2,1-3H3;2*1H. The largest absolute Gasteiger partial charge is 0.450 e. The number of rotatable bonds is 5. The molecule has 2 aromatic rings. The number of hydrogen-bond acceptors (Lipinski definition) is 5. The first kappa shape index (κ1) is 28.4. The van der Waals surface area contributed by atoms with Crippen LogP contribution in [0.1, 0.15) is 55.5 Å². The Morgan fingerprint density at radius 1 is 1.03 bits per heavy atom. The van der Waals surface area contributed by atoms with E-state index in [4.69, 9.17) is 10.5 Å². The van der Waals surface area contributed by atoms with Gasteiger partial charge in [0.25, 0.3) is 0 Å². The van der Waals surface area contributed by atoms with Gasteiger partial charge in [-0.1, -0.05) is 43.7 Å². The number of likely N-dealkylation sites (tertiary alicyclic amines) is 2. The van der Waals surface area contributed by atoms with E-state index in [2.05, 4.69) is 55.0 Å². The van der Waals surface area contributed by atoms with Gasteiger partial charge in [-0.3, -0.25) is 0 Å². The van der Waals surface area contributed by atoms with Crippen molar-refractivity contribution in [3.63, 3.8) is 0 Å². The van der Waals surface area contributed by atoms with E-state index >= 15 is 0 Å². The third kappa shape index (κ3) is 5.71. The number of halogens is 2. The van der Waals surface area contributed by atoms with Crippen LogP contribution in [-0.4, -0.2) is 55.0 Å². The van der Waals surface area contributed by atoms with Crippen molar-refractivity contribution in [2.24, 2.45) is 5.41 Å². The molecule has 2 saturated heterocycles. The maximum absolute atomic E-state index is 13.5. The monoisotopic (exact) mass is 507 g/mol. The maximum Gasteiger partial charge on any atom is 0.339 e. The number of hydrogen-bond donors (Lipinski definition) is 1. The Labute approximate surface area is 216 Å². The second-order valence-electron chi connectivity index (χ2n) is 10.1. The van der Waals surface area contributed by atoms with Crippen molar-refractivity contribution in [2.45, 2.75) is 51.2 Å². The lowest BCUT2D eigenvalue weighted by molar-refractivity contribution is -0.160. The van der Waals surface area contributed by atoms with E-state index in [1.165, 1.54) is 19.3 Å². The molecule has 2 aliphatic rings. The summed E-state index contributed by atoms with van der Waals surface area (Å²) in [7, 11) is 2.19. The highest BCUT2D eigenvalue weighted by atomic mass is 35.5. The molecule has 2 aromatic carbocycles. The minimum Gasteiger partial charge on any atom is -0.450 e. The van der Waals surface area contributed by atoms with Gasteiger partial charge in [-0.25, -0.2) is 4.79 Å². The molecule has 2 heterocycles. The minimum absolute atomic E-state index is 0. The van der Waals surface area contributed by atoms with Gasteiger partial charge in [0.15, 0.2) is 0 Å². The molecule has 0 aromatic heterocycles. The Morgan fingerprint density at radius 3 is 2.26 bits per heavy atom. The highest BCUT2D eigenvalue weighted by Crippen LogP contribution is 2.51. The first-order valence-corrected chi connectivity index (χ1v) is 11.9. The molecule has 4 rings (SSSR count). The molecule has 0 spiro atoms. The van der Waals surface area contributed by atoms with E-state index in [1.807, 2.05) is 6.07 Å². The number of carbonyl (C=O) groups is 1. The summed E-state index contributed by atoms with van der Waals surface area (Å²) in [6.07, 6.45) is 4.55. The van der Waals surface area contributed by atoms with Crippen LogP contribution in [0.25, 0.3) is 0 Å². The summed E-state index contributed by atoms with van der Waals surface area (Å²) in [5.74, 6) is -0.282. The summed E-state index contributed by atoms with van der Waals surface area (Å²) < 4.78 is 6.63. The van der Waals surface area contributed by atoms with Gasteiger partial charge in [0, 0.05) is 36.7 Å². The molecule has 7 heteroatoms. The van der Waals surface area contributed by atoms with Crippen molar-refractivity contribution in [3.8, 4) is 0 Å². The predicted octanol–water partition coefficient (Wildman–Crippen LogP) is 5.38. The molecular formula is C27H39Cl2N3O2. The summed E-state index contributed by atoms with van der Waals surface area (Å²) in [5, 5.41) is 0. The van der Waals surface area contributed by atoms with Crippen molar-refractivity contribution >= 4 is 36.5 Å². The maximum atomic E-state index is 13.5. The second kappa shape index (κ2) is 11.8. The Kier molecular flexibility index (Phi) is 9.84. The summed E-state index contributed by atoms with van der Waals surface area (Å²) in [5.41, 5.74) is 7.15. The van der Waals surface area contributed by atoms with Crippen LogP contribution >= 0.6 is 24.8 Å². The molecule has 0 amide bonds. The Hall–Kier alpha value is -1.79. The topological polar surface area (TPSA) is 58.8 Å². The highest BCUT2D eigenvalue weighted by molar-refractivity contribution is 5.90. The van der Waals surface area contributed by atoms with Gasteiger partial charge in [0.1, 0.15) is 5.60 Å². The summed E-state index contributed by atoms with van der Waals surface area (Å²) in [4.78, 5) is 18.5. The van der Waals surface area contributed by atoms with Crippen LogP contribution in [0.3, 0.4) is 0 Å². The number of anilines is 1. The molecule has 188 valence electrons. The van der Waals surface area contributed by atoms with Crippen LogP contribution in [0, 0.1) is 5.41 Å². The Morgan fingerprint density at radius 2 is 1.65 bits per heavy atom. The summed E-state index contributed by atoms with van der Waals surface area (Å²) in [6.45, 7) is 8.56. The van der Waals surface area contributed by atoms with Gasteiger partial charge >= 0.3 is 5.97 Å². The molecule has 5 nitrogen and oxygen atoms in total. The van der Waals surface area contributed by atoms with Crippen molar-refractivity contribution < 1.29 is 9.53 Å². The van der Waals surface area contributed by atoms with E-state index < -0.39 is 5.60 Å². The van der Waals surface area contributed by atoms with E-state index in [0.717, 1.165) is 38.2 Å². The number of carbonyl (C=O) groups excluding carboxylic acids is 1. The SMILES string of the molecule is CC1CC(OC(=O)c2ccc(N)cc2)(c2ccccc2)C(C)(CN2CCCCC2)CN1C.Cl.Cl. The average Bonchev–Trinajstić information content (AvgIpc) is 2.79. The number of benzene rings is 2. The normalized spacial score (nSPS) is 27.8. The number of ether oxygens (including phenoxy) is 1. The zero-order valence-corrected chi connectivity index (χ0v) is 22.2.